The minimum atomic E-state index is -1.37. The fourth-order valence-corrected chi connectivity index (χ4v) is 16.8. The van der Waals surface area contributed by atoms with Crippen molar-refractivity contribution in [2.24, 2.45) is 5.92 Å². The van der Waals surface area contributed by atoms with Crippen LogP contribution in [0.3, 0.4) is 0 Å². The van der Waals surface area contributed by atoms with Gasteiger partial charge in [0.1, 0.15) is 61.1 Å². The van der Waals surface area contributed by atoms with Crippen molar-refractivity contribution in [1.29, 1.82) is 0 Å². The molecule has 44 heteroatoms. The van der Waals surface area contributed by atoms with Gasteiger partial charge in [0.15, 0.2) is 82.3 Å². The van der Waals surface area contributed by atoms with Crippen molar-refractivity contribution in [3.05, 3.63) is 234 Å². The molecule has 6 aromatic carbocycles. The maximum absolute atomic E-state index is 14.8. The summed E-state index contributed by atoms with van der Waals surface area (Å²) in [6, 6.07) is 38.4. The van der Waals surface area contributed by atoms with Crippen molar-refractivity contribution in [3.8, 4) is 0 Å². The van der Waals surface area contributed by atoms with Crippen LogP contribution < -0.4 is 47.4 Å². The summed E-state index contributed by atoms with van der Waals surface area (Å²) in [7, 11) is 1.30. The van der Waals surface area contributed by atoms with Gasteiger partial charge in [0.2, 0.25) is 17.7 Å². The highest BCUT2D eigenvalue weighted by Crippen LogP contribution is 2.50. The second-order valence-corrected chi connectivity index (χ2v) is 31.3. The molecule has 0 bridgehead atoms. The van der Waals surface area contributed by atoms with Gasteiger partial charge in [0.05, 0.1) is 95.0 Å². The molecule has 1 saturated carbocycles. The van der Waals surface area contributed by atoms with E-state index in [9.17, 15) is 67.3 Å². The van der Waals surface area contributed by atoms with E-state index >= 15 is 0 Å². The molecule has 132 heavy (non-hydrogen) atoms. The summed E-state index contributed by atoms with van der Waals surface area (Å²) in [6.07, 6.45) is 0.547. The van der Waals surface area contributed by atoms with Crippen LogP contribution in [-0.2, 0) is 58.7 Å². The summed E-state index contributed by atoms with van der Waals surface area (Å²) in [5.74, 6) is -7.03. The largest absolute Gasteiger partial charge is 0.478 e. The second kappa shape index (κ2) is 40.2. The van der Waals surface area contributed by atoms with Gasteiger partial charge in [-0.1, -0.05) is 121 Å². The van der Waals surface area contributed by atoms with Gasteiger partial charge in [0.25, 0.3) is 0 Å². The van der Waals surface area contributed by atoms with Gasteiger partial charge in [-0.05, 0) is 81.5 Å². The Morgan fingerprint density at radius 3 is 1.36 bits per heavy atom. The number of benzene rings is 6. The third kappa shape index (κ3) is 19.5. The Balaban J connectivity index is 0.000000144. The first kappa shape index (κ1) is 90.8. The summed E-state index contributed by atoms with van der Waals surface area (Å²) in [5.41, 5.74) is 3.29. The second-order valence-electron chi connectivity index (χ2n) is 30.9. The number of carbonyl (C=O) groups excluding carboxylic acids is 6. The molecule has 41 nitrogen and oxygen atoms in total. The van der Waals surface area contributed by atoms with Crippen molar-refractivity contribution >= 4 is 133 Å². The number of carboxylic acids is 3. The third-order valence-electron chi connectivity index (χ3n) is 22.5. The zero-order chi connectivity index (χ0) is 92.5. The summed E-state index contributed by atoms with van der Waals surface area (Å²) >= 11 is 6.21. The van der Waals surface area contributed by atoms with E-state index in [4.69, 9.17) is 49.5 Å². The number of urea groups is 3. The number of aromatic nitrogens is 12. The molecule has 12 aromatic rings. The van der Waals surface area contributed by atoms with E-state index in [2.05, 4.69) is 87.4 Å². The molecule has 5 aliphatic heterocycles. The van der Waals surface area contributed by atoms with Gasteiger partial charge < -0.3 is 89.3 Å². The first-order chi connectivity index (χ1) is 63.9. The van der Waals surface area contributed by atoms with Crippen LogP contribution in [0.4, 0.5) is 57.7 Å². The Bertz CT molecular complexity index is 6310. The maximum Gasteiger partial charge on any atom is 0.337 e. The number of carboxylic acid groups (broad SMARTS) is 3. The lowest BCUT2D eigenvalue weighted by Gasteiger charge is -2.24. The van der Waals surface area contributed by atoms with Crippen LogP contribution in [-0.4, -0.2) is 209 Å². The number of hydrogen-bond donors (Lipinski definition) is 11. The molecule has 11 heterocycles. The van der Waals surface area contributed by atoms with Gasteiger partial charge in [-0.3, -0.25) is 39.5 Å². The fraction of sp³-hybridized carbons (Fsp3) is 0.318. The number of aryl methyl sites for hydroxylation is 1. The number of fused-ring (bicyclic) bond motifs is 6. The summed E-state index contributed by atoms with van der Waals surface area (Å²) in [5, 5.41) is 49.7. The minimum Gasteiger partial charge on any atom is -0.478 e. The molecule has 12 unspecified atom stereocenters. The van der Waals surface area contributed by atoms with Crippen LogP contribution in [0.5, 0.6) is 0 Å². The lowest BCUT2D eigenvalue weighted by molar-refractivity contribution is -0.152. The number of nitrogens with zero attached hydrogens (tertiary/aromatic N) is 13. The Kier molecular flexibility index (Phi) is 27.6. The number of aromatic carboxylic acids is 3. The number of ether oxygens (including phenoxy) is 8. The molecular formula is C88H86ClF2N21O20. The van der Waals surface area contributed by atoms with Gasteiger partial charge in [-0.15, -0.1) is 0 Å². The van der Waals surface area contributed by atoms with Crippen molar-refractivity contribution in [2.75, 3.05) is 58.2 Å². The minimum absolute atomic E-state index is 0.0111. The SMILES string of the molecule is CCNC(=O)Nc1ncnc2c1ncn2C1CC(CC(=O)Nc2c(F)cccc2C(=O)O)C2O[C@H](CCc3ccccc3)OC21.CCNC(=O)Nc1ncnc2c1ncn2C1OC(CC(=O)N(C)c2c(F)cccc2C(=O)O)C2O[C@H](c3ccccc3)OC21.CCNC(=O)Nc1ncnc2c1ncn2C1OC(CC(=O)Nc2c(Cl)cccc2C(=O)O)C2O[C@H](c3ccccc3)OC21. The van der Waals surface area contributed by atoms with E-state index in [1.165, 1.54) is 81.1 Å². The number of halogens is 3. The number of anilines is 6. The number of nitrogens with one attached hydrogen (secondary N) is 8. The number of imidazole rings is 3. The Morgan fingerprint density at radius 2 is 0.864 bits per heavy atom. The normalized spacial score (nSPS) is 22.5. The molecule has 6 fully saturated rings. The molecule has 684 valence electrons. The Hall–Kier alpha value is -14.6. The zero-order valence-corrected chi connectivity index (χ0v) is 71.3. The summed E-state index contributed by atoms with van der Waals surface area (Å²) in [4.78, 5) is 151. The van der Waals surface area contributed by atoms with Gasteiger partial charge in [-0.2, -0.15) is 0 Å². The highest BCUT2D eigenvalue weighted by atomic mass is 35.5. The molecule has 6 aliphatic rings. The van der Waals surface area contributed by atoms with Gasteiger partial charge in [0, 0.05) is 50.7 Å². The number of hydrogen-bond acceptors (Lipinski definition) is 26. The molecule has 1 aliphatic carbocycles. The predicted molar refractivity (Wildman–Crippen MR) is 465 cm³/mol. The molecule has 11 N–H and O–H groups in total. The molecule has 9 amide bonds. The molecule has 15 atom stereocenters. The monoisotopic (exact) mass is 1830 g/mol. The Morgan fingerprint density at radius 1 is 0.439 bits per heavy atom. The quantitative estimate of drug-likeness (QED) is 0.0240. The third-order valence-corrected chi connectivity index (χ3v) is 22.8. The van der Waals surface area contributed by atoms with Crippen molar-refractivity contribution in [2.45, 2.75) is 145 Å². The summed E-state index contributed by atoms with van der Waals surface area (Å²) < 4.78 is 85.2. The van der Waals surface area contributed by atoms with Crippen LogP contribution in [0.25, 0.3) is 33.5 Å². The van der Waals surface area contributed by atoms with Crippen LogP contribution in [0.2, 0.25) is 5.02 Å². The highest BCUT2D eigenvalue weighted by Gasteiger charge is 2.57. The van der Waals surface area contributed by atoms with E-state index in [0.717, 1.165) is 40.1 Å². The molecule has 6 aromatic heterocycles. The number of para-hydroxylation sites is 3. The lowest BCUT2D eigenvalue weighted by atomic mass is 10.0. The van der Waals surface area contributed by atoms with E-state index < -0.39 is 146 Å². The van der Waals surface area contributed by atoms with Crippen LogP contribution in [0.1, 0.15) is 132 Å². The summed E-state index contributed by atoms with van der Waals surface area (Å²) in [6.45, 7) is 6.65. The smallest absolute Gasteiger partial charge is 0.337 e. The van der Waals surface area contributed by atoms with E-state index in [0.29, 0.717) is 66.0 Å². The van der Waals surface area contributed by atoms with Gasteiger partial charge >= 0.3 is 36.0 Å². The molecule has 18 rings (SSSR count). The predicted octanol–water partition coefficient (Wildman–Crippen LogP) is 11.1. The zero-order valence-electron chi connectivity index (χ0n) is 70.6. The topological polar surface area (TPSA) is 518 Å². The fourth-order valence-electron chi connectivity index (χ4n) is 16.6. The average molecular weight is 1830 g/mol. The Labute approximate surface area is 752 Å². The van der Waals surface area contributed by atoms with Gasteiger partial charge in [-0.25, -0.2) is 82.4 Å². The average Bonchev–Trinajstić information content (AvgIpc) is 1.60. The van der Waals surface area contributed by atoms with Crippen molar-refractivity contribution in [3.63, 3.8) is 0 Å². The number of carbonyl (C=O) groups is 9. The van der Waals surface area contributed by atoms with E-state index in [1.54, 1.807) is 36.2 Å². The first-order valence-corrected chi connectivity index (χ1v) is 42.3. The standard InChI is InChI=1S/C31H32FN7O6.C29H28FN7O7.C28H26ClN7O7/c1-2-33-31(43)38-28-25-29(35-15-34-28)39(16-36-25)21-13-18(14-22(40)37-24-19(30(41)42)9-6-10-20(24)32)26-27(21)45-23(44-26)12-11-17-7-4-3-5-8-17;1-3-31-29(41)35-24-20-25(33-13-32-24)37(14-34-20)26-23-22(43-28(44-23)15-8-5-4-6-9-15)18(42-26)12-19(38)36(2)21-16(27(39)40)10-7-11-17(21)30;1-2-30-28(40)35-23-20-24(32-12-31-23)36(13-33-20)25-22-21(42-27(43-22)14-7-4-3-5-8-14)17(41-25)11-18(37)34-19-15(26(38)39)9-6-10-16(19)29/h3-10,15-16,18,21,23,26-27H,2,11-14H2,1H3,(H,37,40)(H,41,42)(H2,33,34,35,38,43);4-11,13-14,18,22-23,26,28H,3,12H2,1-2H3,(H,39,40)(H2,31,32,33,35,41);3-10,12-13,17,21-22,25,27H,2,11H2,1H3,(H,34,37)(H,38,39)(H2,30,31,32,35,40)/t18?,21?,23-,26?,27?;18?,22?,23?,26?,28-;17?,21?,22?,25?,27-/m000/s1. The molecular weight excluding hydrogens is 1740 g/mol. The molecule has 5 saturated heterocycles. The van der Waals surface area contributed by atoms with E-state index in [-0.39, 0.29) is 87.5 Å². The lowest BCUT2D eigenvalue weighted by Crippen LogP contribution is -2.36. The number of amides is 9. The van der Waals surface area contributed by atoms with Crippen LogP contribution >= 0.6 is 11.6 Å². The highest BCUT2D eigenvalue weighted by molar-refractivity contribution is 6.34. The number of rotatable bonds is 26. The van der Waals surface area contributed by atoms with Crippen molar-refractivity contribution in [1.82, 2.24) is 74.5 Å². The molecule has 0 radical (unpaired) electrons. The van der Waals surface area contributed by atoms with Crippen LogP contribution in [0, 0.1) is 17.6 Å². The first-order valence-electron chi connectivity index (χ1n) is 41.9. The van der Waals surface area contributed by atoms with E-state index in [1.807, 2.05) is 95.6 Å². The van der Waals surface area contributed by atoms with Crippen molar-refractivity contribution < 1.29 is 105 Å². The molecule has 0 spiro atoms. The van der Waals surface area contributed by atoms with Crippen LogP contribution in [0.15, 0.2) is 184 Å². The maximum atomic E-state index is 14.8.